The Hall–Kier alpha value is -1.94. The summed E-state index contributed by atoms with van der Waals surface area (Å²) in [6.07, 6.45) is -4.67. The third-order valence-corrected chi connectivity index (χ3v) is 3.25. The summed E-state index contributed by atoms with van der Waals surface area (Å²) < 4.78 is 52.3. The molecule has 0 amide bonds. The van der Waals surface area contributed by atoms with E-state index >= 15 is 0 Å². The second kappa shape index (κ2) is 7.09. The van der Waals surface area contributed by atoms with Crippen LogP contribution >= 0.6 is 15.9 Å². The fraction of sp³-hybridized carbons (Fsp3) is 0.231. The van der Waals surface area contributed by atoms with Gasteiger partial charge in [-0.3, -0.25) is 0 Å². The highest BCUT2D eigenvalue weighted by Gasteiger charge is 2.33. The summed E-state index contributed by atoms with van der Waals surface area (Å²) in [6.45, 7) is -0.298. The quantitative estimate of drug-likeness (QED) is 0.676. The van der Waals surface area contributed by atoms with Gasteiger partial charge in [0.15, 0.2) is 5.69 Å². The van der Waals surface area contributed by atoms with E-state index in [4.69, 9.17) is 5.11 Å². The van der Waals surface area contributed by atoms with Crippen molar-refractivity contribution >= 4 is 33.4 Å². The Morgan fingerprint density at radius 1 is 1.17 bits per heavy atom. The Labute approximate surface area is 136 Å². The molecular formula is C13H11BrF4N4O. The first kappa shape index (κ1) is 17.4. The van der Waals surface area contributed by atoms with E-state index in [0.29, 0.717) is 6.07 Å². The van der Waals surface area contributed by atoms with Crippen molar-refractivity contribution in [2.75, 3.05) is 23.8 Å². The molecule has 23 heavy (non-hydrogen) atoms. The molecule has 0 aliphatic carbocycles. The largest absolute Gasteiger partial charge is 0.433 e. The number of nitrogens with zero attached hydrogens (tertiary/aromatic N) is 2. The van der Waals surface area contributed by atoms with Gasteiger partial charge in [0.05, 0.1) is 11.1 Å². The molecule has 0 radical (unpaired) electrons. The van der Waals surface area contributed by atoms with E-state index in [1.54, 1.807) is 0 Å². The van der Waals surface area contributed by atoms with Crippen molar-refractivity contribution in [1.82, 2.24) is 9.97 Å². The lowest BCUT2D eigenvalue weighted by atomic mass is 10.3. The van der Waals surface area contributed by atoms with E-state index in [-0.39, 0.29) is 35.1 Å². The maximum Gasteiger partial charge on any atom is 0.433 e. The van der Waals surface area contributed by atoms with Gasteiger partial charge in [-0.25, -0.2) is 9.37 Å². The van der Waals surface area contributed by atoms with E-state index < -0.39 is 17.7 Å². The molecule has 0 spiro atoms. The standard InChI is InChI=1S/C13H11BrF4N4O/c14-8-2-1-7(5-9(8)15)20-11-6-10(13(16,17)18)21-12(22-11)19-3-4-23/h1-2,5-6,23H,3-4H2,(H2,19,20,21,22). The molecule has 2 aromatic rings. The first-order valence-electron chi connectivity index (χ1n) is 6.32. The first-order valence-corrected chi connectivity index (χ1v) is 7.12. The van der Waals surface area contributed by atoms with Crippen LogP contribution in [0.3, 0.4) is 0 Å². The molecule has 10 heteroatoms. The summed E-state index contributed by atoms with van der Waals surface area (Å²) in [5.41, 5.74) is -0.932. The maximum absolute atomic E-state index is 13.5. The monoisotopic (exact) mass is 394 g/mol. The average Bonchev–Trinajstić information content (AvgIpc) is 2.48. The molecule has 1 aromatic carbocycles. The topological polar surface area (TPSA) is 70.1 Å². The van der Waals surface area contributed by atoms with E-state index in [1.165, 1.54) is 12.1 Å². The molecule has 0 unspecified atom stereocenters. The number of aliphatic hydroxyl groups is 1. The SMILES string of the molecule is OCCNc1nc(Nc2ccc(Br)c(F)c2)cc(C(F)(F)F)n1. The number of alkyl halides is 3. The molecule has 0 fully saturated rings. The van der Waals surface area contributed by atoms with Gasteiger partial charge in [0.1, 0.15) is 11.6 Å². The molecule has 0 saturated heterocycles. The second-order valence-corrected chi connectivity index (χ2v) is 5.22. The normalized spacial score (nSPS) is 11.4. The van der Waals surface area contributed by atoms with Gasteiger partial charge in [-0.05, 0) is 34.1 Å². The van der Waals surface area contributed by atoms with Crippen LogP contribution in [0.25, 0.3) is 0 Å². The van der Waals surface area contributed by atoms with E-state index in [1.807, 2.05) is 0 Å². The maximum atomic E-state index is 13.5. The van der Waals surface area contributed by atoms with Crippen LogP contribution < -0.4 is 10.6 Å². The molecule has 5 nitrogen and oxygen atoms in total. The predicted molar refractivity (Wildman–Crippen MR) is 80.0 cm³/mol. The van der Waals surface area contributed by atoms with E-state index in [9.17, 15) is 17.6 Å². The Kier molecular flexibility index (Phi) is 5.37. The summed E-state index contributed by atoms with van der Waals surface area (Å²) in [5.74, 6) is -1.03. The molecule has 2 rings (SSSR count). The molecule has 124 valence electrons. The lowest BCUT2D eigenvalue weighted by Gasteiger charge is -2.12. The molecule has 3 N–H and O–H groups in total. The zero-order chi connectivity index (χ0) is 17.0. The van der Waals surface area contributed by atoms with Crippen molar-refractivity contribution in [1.29, 1.82) is 0 Å². The minimum Gasteiger partial charge on any atom is -0.395 e. The van der Waals surface area contributed by atoms with Crippen LogP contribution in [0.5, 0.6) is 0 Å². The van der Waals surface area contributed by atoms with Gasteiger partial charge >= 0.3 is 6.18 Å². The zero-order valence-corrected chi connectivity index (χ0v) is 13.0. The van der Waals surface area contributed by atoms with Crippen LogP contribution in [0, 0.1) is 5.82 Å². The minimum atomic E-state index is -4.67. The lowest BCUT2D eigenvalue weighted by Crippen LogP contribution is -2.15. The molecule has 0 aliphatic heterocycles. The van der Waals surface area contributed by atoms with Gasteiger partial charge < -0.3 is 15.7 Å². The second-order valence-electron chi connectivity index (χ2n) is 4.36. The first-order chi connectivity index (χ1) is 10.8. The molecule has 1 aromatic heterocycles. The predicted octanol–water partition coefficient (Wildman–Crippen LogP) is 3.54. The number of aliphatic hydroxyl groups excluding tert-OH is 1. The highest BCUT2D eigenvalue weighted by Crippen LogP contribution is 2.30. The number of halogens is 5. The Morgan fingerprint density at radius 2 is 1.91 bits per heavy atom. The average molecular weight is 395 g/mol. The Morgan fingerprint density at radius 3 is 2.52 bits per heavy atom. The molecular weight excluding hydrogens is 384 g/mol. The van der Waals surface area contributed by atoms with Crippen LogP contribution in [0.1, 0.15) is 5.69 Å². The third kappa shape index (κ3) is 4.76. The molecule has 1 heterocycles. The van der Waals surface area contributed by atoms with Gasteiger partial charge in [-0.15, -0.1) is 0 Å². The lowest BCUT2D eigenvalue weighted by molar-refractivity contribution is -0.141. The van der Waals surface area contributed by atoms with Crippen molar-refractivity contribution < 1.29 is 22.7 Å². The minimum absolute atomic E-state index is 0.00629. The van der Waals surface area contributed by atoms with Crippen molar-refractivity contribution in [3.05, 3.63) is 40.2 Å². The van der Waals surface area contributed by atoms with Crippen LogP contribution in [-0.2, 0) is 6.18 Å². The van der Waals surface area contributed by atoms with Gasteiger partial charge in [-0.2, -0.15) is 18.2 Å². The summed E-state index contributed by atoms with van der Waals surface area (Å²) >= 11 is 2.98. The van der Waals surface area contributed by atoms with Crippen LogP contribution in [0.4, 0.5) is 35.0 Å². The summed E-state index contributed by atoms with van der Waals surface area (Å²) in [7, 11) is 0. The number of hydrogen-bond donors (Lipinski definition) is 3. The van der Waals surface area contributed by atoms with Crippen molar-refractivity contribution in [3.63, 3.8) is 0 Å². The van der Waals surface area contributed by atoms with E-state index in [0.717, 1.165) is 6.07 Å². The molecule has 0 bridgehead atoms. The molecule has 0 aliphatic rings. The Bertz CT molecular complexity index is 696. The zero-order valence-electron chi connectivity index (χ0n) is 11.5. The number of aromatic nitrogens is 2. The van der Waals surface area contributed by atoms with Crippen LogP contribution in [0.15, 0.2) is 28.7 Å². The number of rotatable bonds is 5. The van der Waals surface area contributed by atoms with Gasteiger partial charge in [0.2, 0.25) is 5.95 Å². The van der Waals surface area contributed by atoms with Crippen LogP contribution in [-0.4, -0.2) is 28.2 Å². The van der Waals surface area contributed by atoms with E-state index in [2.05, 4.69) is 36.5 Å². The molecule has 0 atom stereocenters. The van der Waals surface area contributed by atoms with Crippen molar-refractivity contribution in [2.24, 2.45) is 0 Å². The van der Waals surface area contributed by atoms with Gasteiger partial charge in [0, 0.05) is 18.3 Å². The number of hydrogen-bond acceptors (Lipinski definition) is 5. The fourth-order valence-electron chi connectivity index (χ4n) is 1.63. The Balaban J connectivity index is 2.33. The van der Waals surface area contributed by atoms with Crippen molar-refractivity contribution in [3.8, 4) is 0 Å². The van der Waals surface area contributed by atoms with Crippen molar-refractivity contribution in [2.45, 2.75) is 6.18 Å². The smallest absolute Gasteiger partial charge is 0.395 e. The number of nitrogens with one attached hydrogen (secondary N) is 2. The van der Waals surface area contributed by atoms with Gasteiger partial charge in [0.25, 0.3) is 0 Å². The van der Waals surface area contributed by atoms with Crippen LogP contribution in [0.2, 0.25) is 0 Å². The third-order valence-electron chi connectivity index (χ3n) is 2.60. The highest BCUT2D eigenvalue weighted by atomic mass is 79.9. The summed E-state index contributed by atoms with van der Waals surface area (Å²) in [4.78, 5) is 7.19. The summed E-state index contributed by atoms with van der Waals surface area (Å²) in [6, 6.07) is 4.71. The number of benzene rings is 1. The highest BCUT2D eigenvalue weighted by molar-refractivity contribution is 9.10. The van der Waals surface area contributed by atoms with Gasteiger partial charge in [-0.1, -0.05) is 0 Å². The number of anilines is 3. The summed E-state index contributed by atoms with van der Waals surface area (Å²) in [5, 5.41) is 13.8. The molecule has 0 saturated carbocycles. The fourth-order valence-corrected chi connectivity index (χ4v) is 1.87.